The Morgan fingerprint density at radius 1 is 1.50 bits per heavy atom. The summed E-state index contributed by atoms with van der Waals surface area (Å²) in [4.78, 5) is 11.3. The van der Waals surface area contributed by atoms with Gasteiger partial charge < -0.3 is 15.4 Å². The Kier molecular flexibility index (Phi) is 4.35. The molecule has 4 nitrogen and oxygen atoms in total. The number of methoxy groups -OCH3 is 1. The molecule has 0 heterocycles. The number of carbonyl (C=O) groups is 1. The topological polar surface area (TPSA) is 50.4 Å². The average Bonchev–Trinajstić information content (AvgIpc) is 2.89. The molecule has 14 heavy (non-hydrogen) atoms. The summed E-state index contributed by atoms with van der Waals surface area (Å²) in [6.07, 6.45) is 2.48. The Morgan fingerprint density at radius 2 is 2.21 bits per heavy atom. The molecule has 1 amide bonds. The maximum atomic E-state index is 11.3. The molecule has 2 N–H and O–H groups in total. The van der Waals surface area contributed by atoms with E-state index in [0.29, 0.717) is 18.6 Å². The molecule has 0 bridgehead atoms. The fourth-order valence-corrected chi connectivity index (χ4v) is 1.14. The Labute approximate surface area is 85.4 Å². The van der Waals surface area contributed by atoms with Gasteiger partial charge in [0.15, 0.2) is 0 Å². The maximum Gasteiger partial charge on any atom is 0.233 e. The highest BCUT2D eigenvalue weighted by atomic mass is 16.5. The first kappa shape index (κ1) is 11.5. The van der Waals surface area contributed by atoms with Gasteiger partial charge in [-0.05, 0) is 18.3 Å². The summed E-state index contributed by atoms with van der Waals surface area (Å²) in [5, 5.41) is 5.93. The van der Waals surface area contributed by atoms with Gasteiger partial charge in [0.05, 0.1) is 13.2 Å². The highest BCUT2D eigenvalue weighted by Crippen LogP contribution is 2.43. The number of hydrogen-bond donors (Lipinski definition) is 2. The standard InChI is InChI=1S/C10H20N2O2/c1-10(3-4-10)8-12-9(13)7-11-5-6-14-2/h11H,3-8H2,1-2H3,(H,12,13). The predicted octanol–water partition coefficient (Wildman–Crippen LogP) is 0.139. The Hall–Kier alpha value is -0.610. The van der Waals surface area contributed by atoms with Crippen molar-refractivity contribution in [2.45, 2.75) is 19.8 Å². The molecule has 0 spiro atoms. The van der Waals surface area contributed by atoms with E-state index in [9.17, 15) is 4.79 Å². The second-order valence-corrected chi connectivity index (χ2v) is 4.26. The molecule has 0 aliphatic heterocycles. The lowest BCUT2D eigenvalue weighted by Gasteiger charge is -2.10. The van der Waals surface area contributed by atoms with Crippen LogP contribution in [-0.4, -0.2) is 39.3 Å². The van der Waals surface area contributed by atoms with Crippen LogP contribution in [0.5, 0.6) is 0 Å². The fraction of sp³-hybridized carbons (Fsp3) is 0.900. The molecule has 4 heteroatoms. The summed E-state index contributed by atoms with van der Waals surface area (Å²) >= 11 is 0. The van der Waals surface area contributed by atoms with Gasteiger partial charge in [-0.15, -0.1) is 0 Å². The van der Waals surface area contributed by atoms with Crippen LogP contribution < -0.4 is 10.6 Å². The van der Waals surface area contributed by atoms with Crippen LogP contribution in [0.3, 0.4) is 0 Å². The Balaban J connectivity index is 1.93. The van der Waals surface area contributed by atoms with Crippen molar-refractivity contribution >= 4 is 5.91 Å². The van der Waals surface area contributed by atoms with E-state index in [0.717, 1.165) is 13.1 Å². The lowest BCUT2D eigenvalue weighted by atomic mass is 10.1. The Bertz CT molecular complexity index is 191. The summed E-state index contributed by atoms with van der Waals surface area (Å²) in [5.41, 5.74) is 0.391. The second kappa shape index (κ2) is 5.32. The zero-order chi connectivity index (χ0) is 10.4. The predicted molar refractivity (Wildman–Crippen MR) is 55.1 cm³/mol. The van der Waals surface area contributed by atoms with Crippen molar-refractivity contribution in [3.63, 3.8) is 0 Å². The first-order valence-electron chi connectivity index (χ1n) is 5.13. The highest BCUT2D eigenvalue weighted by Gasteiger charge is 2.37. The number of amides is 1. The minimum absolute atomic E-state index is 0.0780. The van der Waals surface area contributed by atoms with Crippen LogP contribution in [-0.2, 0) is 9.53 Å². The van der Waals surface area contributed by atoms with Gasteiger partial charge in [-0.1, -0.05) is 6.92 Å². The number of hydrogen-bond acceptors (Lipinski definition) is 3. The van der Waals surface area contributed by atoms with Crippen LogP contribution in [0, 0.1) is 5.41 Å². The molecule has 0 unspecified atom stereocenters. The van der Waals surface area contributed by atoms with Crippen LogP contribution in [0.25, 0.3) is 0 Å². The average molecular weight is 200 g/mol. The summed E-state index contributed by atoms with van der Waals surface area (Å²) in [5.74, 6) is 0.0780. The lowest BCUT2D eigenvalue weighted by molar-refractivity contribution is -0.120. The first-order valence-corrected chi connectivity index (χ1v) is 5.13. The summed E-state index contributed by atoms with van der Waals surface area (Å²) in [7, 11) is 1.65. The van der Waals surface area contributed by atoms with Crippen LogP contribution >= 0.6 is 0 Å². The molecule has 0 aromatic heterocycles. The smallest absolute Gasteiger partial charge is 0.233 e. The van der Waals surface area contributed by atoms with Crippen LogP contribution in [0.4, 0.5) is 0 Å². The van der Waals surface area contributed by atoms with Crippen LogP contribution in [0.2, 0.25) is 0 Å². The van der Waals surface area contributed by atoms with Gasteiger partial charge in [-0.3, -0.25) is 4.79 Å². The van der Waals surface area contributed by atoms with E-state index in [2.05, 4.69) is 17.6 Å². The van der Waals surface area contributed by atoms with Crippen molar-refractivity contribution in [3.05, 3.63) is 0 Å². The van der Waals surface area contributed by atoms with E-state index >= 15 is 0 Å². The zero-order valence-electron chi connectivity index (χ0n) is 9.06. The van der Waals surface area contributed by atoms with Crippen molar-refractivity contribution < 1.29 is 9.53 Å². The fourth-order valence-electron chi connectivity index (χ4n) is 1.14. The molecule has 0 atom stereocenters. The minimum atomic E-state index is 0.0780. The molecular formula is C10H20N2O2. The van der Waals surface area contributed by atoms with Gasteiger partial charge in [0.1, 0.15) is 0 Å². The summed E-state index contributed by atoms with van der Waals surface area (Å²) < 4.78 is 4.85. The molecule has 1 rings (SSSR count). The molecular weight excluding hydrogens is 180 g/mol. The quantitative estimate of drug-likeness (QED) is 0.575. The molecule has 82 valence electrons. The lowest BCUT2D eigenvalue weighted by Crippen LogP contribution is -2.37. The molecule has 1 aliphatic carbocycles. The van der Waals surface area contributed by atoms with Gasteiger partial charge in [0.25, 0.3) is 0 Å². The largest absolute Gasteiger partial charge is 0.383 e. The molecule has 1 saturated carbocycles. The number of ether oxygens (including phenoxy) is 1. The number of nitrogens with one attached hydrogen (secondary N) is 2. The molecule has 1 aliphatic rings. The van der Waals surface area contributed by atoms with Crippen molar-refractivity contribution in [1.29, 1.82) is 0 Å². The molecule has 0 saturated heterocycles. The SMILES string of the molecule is COCCNCC(=O)NCC1(C)CC1. The van der Waals surface area contributed by atoms with Gasteiger partial charge in [-0.25, -0.2) is 0 Å². The normalized spacial score (nSPS) is 17.9. The van der Waals surface area contributed by atoms with E-state index < -0.39 is 0 Å². The molecule has 0 aromatic rings. The zero-order valence-corrected chi connectivity index (χ0v) is 9.06. The molecule has 0 aromatic carbocycles. The van der Waals surface area contributed by atoms with E-state index in [1.807, 2.05) is 0 Å². The number of rotatable bonds is 7. The van der Waals surface area contributed by atoms with Crippen LogP contribution in [0.15, 0.2) is 0 Å². The summed E-state index contributed by atoms with van der Waals surface area (Å²) in [6, 6.07) is 0. The van der Waals surface area contributed by atoms with Gasteiger partial charge in [0, 0.05) is 20.2 Å². The highest BCUT2D eigenvalue weighted by molar-refractivity contribution is 5.78. The third-order valence-electron chi connectivity index (χ3n) is 2.58. The van der Waals surface area contributed by atoms with Crippen molar-refractivity contribution in [1.82, 2.24) is 10.6 Å². The van der Waals surface area contributed by atoms with E-state index in [1.54, 1.807) is 7.11 Å². The van der Waals surface area contributed by atoms with Crippen molar-refractivity contribution in [2.24, 2.45) is 5.41 Å². The van der Waals surface area contributed by atoms with Gasteiger partial charge >= 0.3 is 0 Å². The third-order valence-corrected chi connectivity index (χ3v) is 2.58. The molecule has 0 radical (unpaired) electrons. The monoisotopic (exact) mass is 200 g/mol. The minimum Gasteiger partial charge on any atom is -0.383 e. The van der Waals surface area contributed by atoms with Gasteiger partial charge in [0.2, 0.25) is 5.91 Å². The van der Waals surface area contributed by atoms with E-state index in [4.69, 9.17) is 4.74 Å². The number of carbonyl (C=O) groups excluding carboxylic acids is 1. The molecule has 1 fully saturated rings. The van der Waals surface area contributed by atoms with Crippen molar-refractivity contribution in [3.8, 4) is 0 Å². The van der Waals surface area contributed by atoms with Crippen molar-refractivity contribution in [2.75, 3.05) is 33.4 Å². The second-order valence-electron chi connectivity index (χ2n) is 4.26. The third kappa shape index (κ3) is 4.58. The Morgan fingerprint density at radius 3 is 2.79 bits per heavy atom. The summed E-state index contributed by atoms with van der Waals surface area (Å²) in [6.45, 7) is 4.77. The van der Waals surface area contributed by atoms with Crippen LogP contribution in [0.1, 0.15) is 19.8 Å². The van der Waals surface area contributed by atoms with E-state index in [-0.39, 0.29) is 5.91 Å². The first-order chi connectivity index (χ1) is 6.66. The van der Waals surface area contributed by atoms with Gasteiger partial charge in [-0.2, -0.15) is 0 Å². The van der Waals surface area contributed by atoms with E-state index in [1.165, 1.54) is 12.8 Å². The maximum absolute atomic E-state index is 11.3.